The van der Waals surface area contributed by atoms with Crippen LogP contribution in [0, 0.1) is 0 Å². The number of carbonyl (C=O) groups is 1. The van der Waals surface area contributed by atoms with Gasteiger partial charge in [-0.1, -0.05) is 36.4 Å². The van der Waals surface area contributed by atoms with Gasteiger partial charge < -0.3 is 14.4 Å². The highest BCUT2D eigenvalue weighted by molar-refractivity contribution is 7.89. The summed E-state index contributed by atoms with van der Waals surface area (Å²) in [7, 11) is -4.19. The molecule has 3 aromatic carbocycles. The number of alkyl halides is 3. The van der Waals surface area contributed by atoms with Crippen LogP contribution in [0.25, 0.3) is 10.9 Å². The molecule has 0 radical (unpaired) electrons. The predicted molar refractivity (Wildman–Crippen MR) is 136 cm³/mol. The second-order valence-corrected chi connectivity index (χ2v) is 10.3. The van der Waals surface area contributed by atoms with Crippen LogP contribution in [0.2, 0.25) is 0 Å². The van der Waals surface area contributed by atoms with Crippen molar-refractivity contribution in [2.45, 2.75) is 37.0 Å². The maximum Gasteiger partial charge on any atom is 0.416 e. The van der Waals surface area contributed by atoms with Gasteiger partial charge in [-0.05, 0) is 54.4 Å². The van der Waals surface area contributed by atoms with E-state index in [-0.39, 0.29) is 23.4 Å². The van der Waals surface area contributed by atoms with Gasteiger partial charge in [0.25, 0.3) is 0 Å². The fraction of sp³-hybridized carbons (Fsp3) is 0.222. The molecule has 0 saturated carbocycles. The van der Waals surface area contributed by atoms with Crippen LogP contribution in [-0.4, -0.2) is 36.7 Å². The minimum atomic E-state index is -4.53. The average molecular weight is 547 g/mol. The summed E-state index contributed by atoms with van der Waals surface area (Å²) in [6, 6.07) is 16.2. The topological polar surface area (TPSA) is 97.6 Å². The number of fused-ring (bicyclic) bond motifs is 1. The summed E-state index contributed by atoms with van der Waals surface area (Å²) >= 11 is 0. The van der Waals surface area contributed by atoms with Gasteiger partial charge >= 0.3 is 12.1 Å². The number of benzene rings is 3. The molecule has 0 amide bonds. The lowest BCUT2D eigenvalue weighted by molar-refractivity contribution is -0.139. The van der Waals surface area contributed by atoms with Gasteiger partial charge in [0.2, 0.25) is 10.0 Å². The molecule has 1 heterocycles. The number of nitrogens with one attached hydrogen (secondary N) is 1. The van der Waals surface area contributed by atoms with E-state index in [4.69, 9.17) is 4.74 Å². The lowest BCUT2D eigenvalue weighted by Gasteiger charge is -2.15. The van der Waals surface area contributed by atoms with E-state index in [9.17, 15) is 31.5 Å². The fourth-order valence-corrected chi connectivity index (χ4v) is 5.46. The number of nitrogens with zero attached hydrogens (tertiary/aromatic N) is 1. The summed E-state index contributed by atoms with van der Waals surface area (Å²) in [5.41, 5.74) is 0.369. The largest absolute Gasteiger partial charge is 0.494 e. The van der Waals surface area contributed by atoms with E-state index >= 15 is 0 Å². The number of carboxylic acids is 1. The van der Waals surface area contributed by atoms with Crippen molar-refractivity contribution in [3.05, 3.63) is 95.7 Å². The number of carboxylic acid groups (broad SMARTS) is 1. The Labute approximate surface area is 217 Å². The summed E-state index contributed by atoms with van der Waals surface area (Å²) in [6.07, 6.45) is -3.19. The molecule has 7 nitrogen and oxygen atoms in total. The number of rotatable bonds is 10. The Hall–Kier alpha value is -3.83. The zero-order valence-electron chi connectivity index (χ0n) is 20.3. The fourth-order valence-electron chi connectivity index (χ4n) is 4.27. The van der Waals surface area contributed by atoms with Crippen LogP contribution in [0.4, 0.5) is 13.2 Å². The molecule has 0 spiro atoms. The Kier molecular flexibility index (Phi) is 7.79. The second-order valence-electron chi connectivity index (χ2n) is 8.57. The van der Waals surface area contributed by atoms with E-state index in [1.807, 2.05) is 0 Å². The number of hydrogen-bond acceptors (Lipinski definition) is 4. The number of hydrogen-bond donors (Lipinski definition) is 2. The van der Waals surface area contributed by atoms with Gasteiger partial charge in [-0.15, -0.1) is 0 Å². The number of halogens is 3. The molecule has 0 aliphatic heterocycles. The standard InChI is InChI=1S/C27H25F3N2O5S/c1-2-37-20-11-13-21(14-12-20)38(35,36)31-24(26(33)34)15-19-17-32(25-10-6-4-8-22(19)25)16-18-7-3-5-9-23(18)27(28,29)30/h3-14,17,24,31H,2,15-16H2,1H3,(H,33,34). The SMILES string of the molecule is CCOc1ccc(S(=O)(=O)NC(Cc2cn(Cc3ccccc3C(F)(F)F)c3ccccc23)C(=O)O)cc1. The first kappa shape index (κ1) is 27.2. The first-order valence-corrected chi connectivity index (χ1v) is 13.2. The summed E-state index contributed by atoms with van der Waals surface area (Å²) in [4.78, 5) is 11.9. The first-order valence-electron chi connectivity index (χ1n) is 11.7. The second kappa shape index (κ2) is 10.9. The summed E-state index contributed by atoms with van der Waals surface area (Å²) in [5, 5.41) is 10.4. The van der Waals surface area contributed by atoms with Crippen molar-refractivity contribution in [3.8, 4) is 5.75 Å². The van der Waals surface area contributed by atoms with Gasteiger partial charge in [0.05, 0.1) is 17.1 Å². The normalized spacial score (nSPS) is 12.9. The molecule has 0 bridgehead atoms. The van der Waals surface area contributed by atoms with Crippen LogP contribution in [0.5, 0.6) is 5.75 Å². The predicted octanol–water partition coefficient (Wildman–Crippen LogP) is 5.08. The van der Waals surface area contributed by atoms with Crippen LogP contribution >= 0.6 is 0 Å². The van der Waals surface area contributed by atoms with Crippen LogP contribution in [0.3, 0.4) is 0 Å². The molecule has 4 aromatic rings. The van der Waals surface area contributed by atoms with Gasteiger partial charge in [0, 0.05) is 30.1 Å². The van der Waals surface area contributed by atoms with E-state index in [2.05, 4.69) is 4.72 Å². The van der Waals surface area contributed by atoms with E-state index < -0.39 is 33.8 Å². The molecule has 0 fully saturated rings. The van der Waals surface area contributed by atoms with Crippen LogP contribution in [0.15, 0.2) is 83.9 Å². The zero-order chi connectivity index (χ0) is 27.5. The Morgan fingerprint density at radius 2 is 1.66 bits per heavy atom. The van der Waals surface area contributed by atoms with E-state index in [1.165, 1.54) is 42.5 Å². The molecule has 2 N–H and O–H groups in total. The quantitative estimate of drug-likeness (QED) is 0.289. The number of aliphatic carboxylic acids is 1. The number of aromatic nitrogens is 1. The van der Waals surface area contributed by atoms with Crippen molar-refractivity contribution in [1.82, 2.24) is 9.29 Å². The molecular weight excluding hydrogens is 521 g/mol. The van der Waals surface area contributed by atoms with Crippen molar-refractivity contribution < 1.29 is 36.2 Å². The third kappa shape index (κ3) is 6.00. The van der Waals surface area contributed by atoms with E-state index in [0.29, 0.717) is 28.8 Å². The molecular formula is C27H25F3N2O5S. The van der Waals surface area contributed by atoms with Crippen molar-refractivity contribution in [1.29, 1.82) is 0 Å². The van der Waals surface area contributed by atoms with Gasteiger partial charge in [-0.3, -0.25) is 4.79 Å². The van der Waals surface area contributed by atoms with Crippen molar-refractivity contribution in [2.24, 2.45) is 0 Å². The Bertz CT molecular complexity index is 1550. The highest BCUT2D eigenvalue weighted by atomic mass is 32.2. The van der Waals surface area contributed by atoms with Crippen LogP contribution in [-0.2, 0) is 34.0 Å². The monoisotopic (exact) mass is 546 g/mol. The maximum absolute atomic E-state index is 13.5. The lowest BCUT2D eigenvalue weighted by Crippen LogP contribution is -2.42. The molecule has 0 aliphatic rings. The van der Waals surface area contributed by atoms with Crippen molar-refractivity contribution >= 4 is 26.9 Å². The average Bonchev–Trinajstić information content (AvgIpc) is 3.21. The number of sulfonamides is 1. The minimum Gasteiger partial charge on any atom is -0.494 e. The van der Waals surface area contributed by atoms with Crippen LogP contribution < -0.4 is 9.46 Å². The number of ether oxygens (including phenoxy) is 1. The van der Waals surface area contributed by atoms with Gasteiger partial charge in [0.1, 0.15) is 11.8 Å². The van der Waals surface area contributed by atoms with E-state index in [1.54, 1.807) is 42.0 Å². The van der Waals surface area contributed by atoms with Crippen LogP contribution in [0.1, 0.15) is 23.6 Å². The molecule has 1 unspecified atom stereocenters. The molecule has 0 saturated heterocycles. The maximum atomic E-state index is 13.5. The zero-order valence-corrected chi connectivity index (χ0v) is 21.1. The molecule has 11 heteroatoms. The molecule has 200 valence electrons. The van der Waals surface area contributed by atoms with Gasteiger partial charge in [0.15, 0.2) is 0 Å². The smallest absolute Gasteiger partial charge is 0.416 e. The lowest BCUT2D eigenvalue weighted by atomic mass is 10.1. The highest BCUT2D eigenvalue weighted by Gasteiger charge is 2.33. The molecule has 1 aromatic heterocycles. The first-order chi connectivity index (χ1) is 18.0. The van der Waals surface area contributed by atoms with Crippen molar-refractivity contribution in [2.75, 3.05) is 6.61 Å². The van der Waals surface area contributed by atoms with Gasteiger partial charge in [-0.25, -0.2) is 8.42 Å². The molecule has 4 rings (SSSR count). The molecule has 1 atom stereocenters. The van der Waals surface area contributed by atoms with Gasteiger partial charge in [-0.2, -0.15) is 17.9 Å². The minimum absolute atomic E-state index is 0.0540. The Morgan fingerprint density at radius 3 is 2.32 bits per heavy atom. The van der Waals surface area contributed by atoms with Crippen molar-refractivity contribution in [3.63, 3.8) is 0 Å². The van der Waals surface area contributed by atoms with E-state index in [0.717, 1.165) is 6.07 Å². The third-order valence-corrected chi connectivity index (χ3v) is 7.49. The summed E-state index contributed by atoms with van der Waals surface area (Å²) in [5.74, 6) is -0.917. The number of para-hydroxylation sites is 1. The Balaban J connectivity index is 1.64. The summed E-state index contributed by atoms with van der Waals surface area (Å²) < 4.78 is 75.6. The highest BCUT2D eigenvalue weighted by Crippen LogP contribution is 2.33. The molecule has 0 aliphatic carbocycles. The molecule has 38 heavy (non-hydrogen) atoms. The summed E-state index contributed by atoms with van der Waals surface area (Å²) in [6.45, 7) is 2.09. The Morgan fingerprint density at radius 1 is 1.00 bits per heavy atom. The third-order valence-electron chi connectivity index (χ3n) is 6.00.